The van der Waals surface area contributed by atoms with Crippen molar-refractivity contribution in [1.29, 1.82) is 0 Å². The summed E-state index contributed by atoms with van der Waals surface area (Å²) in [5.41, 5.74) is 3.45. The molecule has 8 heteroatoms. The van der Waals surface area contributed by atoms with Crippen molar-refractivity contribution < 1.29 is 14.6 Å². The maximum absolute atomic E-state index is 12.7. The third-order valence-corrected chi connectivity index (χ3v) is 5.42. The molecule has 1 N–H and O–H groups in total. The summed E-state index contributed by atoms with van der Waals surface area (Å²) in [6.45, 7) is 3.63. The molecule has 2 aromatic carbocycles. The molecule has 0 radical (unpaired) electrons. The zero-order valence-electron chi connectivity index (χ0n) is 16.3. The Morgan fingerprint density at radius 3 is 2.97 bits per heavy atom. The summed E-state index contributed by atoms with van der Waals surface area (Å²) in [5, 5.41) is 10.2. The molecule has 0 aliphatic carbocycles. The van der Waals surface area contributed by atoms with Gasteiger partial charge < -0.3 is 19.5 Å². The summed E-state index contributed by atoms with van der Waals surface area (Å²) in [6.07, 6.45) is 0. The minimum atomic E-state index is -0.373. The number of anilines is 2. The van der Waals surface area contributed by atoms with Crippen LogP contribution >= 0.6 is 11.6 Å². The lowest BCUT2D eigenvalue weighted by Gasteiger charge is -2.25. The van der Waals surface area contributed by atoms with Crippen LogP contribution in [0, 0.1) is 6.92 Å². The van der Waals surface area contributed by atoms with Gasteiger partial charge in [0.15, 0.2) is 0 Å². The highest BCUT2D eigenvalue weighted by Gasteiger charge is 2.23. The zero-order chi connectivity index (χ0) is 20.5. The number of aryl methyl sites for hydroxylation is 2. The first kappa shape index (κ1) is 19.7. The van der Waals surface area contributed by atoms with Gasteiger partial charge in [-0.3, -0.25) is 4.57 Å². The van der Waals surface area contributed by atoms with E-state index in [2.05, 4.69) is 4.98 Å². The molecule has 7 nitrogen and oxygen atoms in total. The van der Waals surface area contributed by atoms with Crippen molar-refractivity contribution in [2.75, 3.05) is 31.3 Å². The number of hydrogen-bond donors (Lipinski definition) is 1. The highest BCUT2D eigenvalue weighted by molar-refractivity contribution is 6.33. The highest BCUT2D eigenvalue weighted by atomic mass is 35.5. The van der Waals surface area contributed by atoms with E-state index in [1.807, 2.05) is 30.0 Å². The third-order valence-electron chi connectivity index (χ3n) is 5.13. The summed E-state index contributed by atoms with van der Waals surface area (Å²) < 4.78 is 12.8. The van der Waals surface area contributed by atoms with Crippen LogP contribution in [0.15, 0.2) is 35.1 Å². The molecule has 0 unspecified atom stereocenters. The minimum Gasteiger partial charge on any atom is -0.490 e. The van der Waals surface area contributed by atoms with Crippen LogP contribution in [0.25, 0.3) is 10.9 Å². The molecular formula is C21H22ClN3O4. The van der Waals surface area contributed by atoms with Gasteiger partial charge in [-0.1, -0.05) is 23.7 Å². The van der Waals surface area contributed by atoms with E-state index in [4.69, 9.17) is 26.2 Å². The topological polar surface area (TPSA) is 76.8 Å². The molecule has 0 fully saturated rings. The maximum Gasteiger partial charge on any atom is 0.349 e. The second-order valence-corrected chi connectivity index (χ2v) is 7.33. The van der Waals surface area contributed by atoms with E-state index in [9.17, 15) is 4.79 Å². The molecule has 152 valence electrons. The van der Waals surface area contributed by atoms with Crippen LogP contribution in [-0.2, 0) is 18.4 Å². The Hall–Kier alpha value is -2.61. The fourth-order valence-electron chi connectivity index (χ4n) is 3.60. The van der Waals surface area contributed by atoms with E-state index in [0.29, 0.717) is 41.9 Å². The molecule has 1 aliphatic heterocycles. The van der Waals surface area contributed by atoms with Crippen molar-refractivity contribution in [3.8, 4) is 5.75 Å². The molecule has 0 saturated heterocycles. The number of ether oxygens (including phenoxy) is 2. The summed E-state index contributed by atoms with van der Waals surface area (Å²) in [4.78, 5) is 19.0. The quantitative estimate of drug-likeness (QED) is 0.706. The average Bonchev–Trinajstić information content (AvgIpc) is 2.93. The number of hydrogen-bond acceptors (Lipinski definition) is 6. The van der Waals surface area contributed by atoms with Crippen LogP contribution in [0.3, 0.4) is 0 Å². The van der Waals surface area contributed by atoms with Gasteiger partial charge >= 0.3 is 5.69 Å². The molecule has 0 spiro atoms. The molecule has 4 rings (SSSR count). The molecule has 2 heterocycles. The Morgan fingerprint density at radius 2 is 2.17 bits per heavy atom. The molecule has 1 aliphatic rings. The number of aliphatic hydroxyl groups is 1. The standard InChI is InChI=1S/C21H22ClN3O4/c1-13-4-3-5-17-15(13)12-28-8-6-25(17)20-14-10-16(22)19(29-9-7-26)11-18(14)24(2)21(27)23-20/h3-5,10-11,26H,6-9,12H2,1-2H3. The van der Waals surface area contributed by atoms with Crippen LogP contribution in [-0.4, -0.2) is 41.0 Å². The molecule has 29 heavy (non-hydrogen) atoms. The molecule has 0 bridgehead atoms. The molecule has 0 saturated carbocycles. The Labute approximate surface area is 173 Å². The van der Waals surface area contributed by atoms with E-state index >= 15 is 0 Å². The number of aromatic nitrogens is 2. The third kappa shape index (κ3) is 3.57. The zero-order valence-corrected chi connectivity index (χ0v) is 17.1. The van der Waals surface area contributed by atoms with Crippen molar-refractivity contribution in [2.24, 2.45) is 7.05 Å². The number of fused-ring (bicyclic) bond motifs is 2. The van der Waals surface area contributed by atoms with E-state index in [1.165, 1.54) is 4.57 Å². The lowest BCUT2D eigenvalue weighted by Crippen LogP contribution is -2.28. The second kappa shape index (κ2) is 8.02. The van der Waals surface area contributed by atoms with Crippen molar-refractivity contribution in [3.63, 3.8) is 0 Å². The van der Waals surface area contributed by atoms with Crippen molar-refractivity contribution in [1.82, 2.24) is 9.55 Å². The largest absolute Gasteiger partial charge is 0.490 e. The van der Waals surface area contributed by atoms with Gasteiger partial charge in [0.25, 0.3) is 0 Å². The van der Waals surface area contributed by atoms with E-state index in [-0.39, 0.29) is 18.9 Å². The van der Waals surface area contributed by atoms with E-state index < -0.39 is 0 Å². The molecule has 1 aromatic heterocycles. The Kier molecular flexibility index (Phi) is 5.45. The Morgan fingerprint density at radius 1 is 1.34 bits per heavy atom. The number of aliphatic hydroxyl groups excluding tert-OH is 1. The van der Waals surface area contributed by atoms with Gasteiger partial charge in [-0.25, -0.2) is 4.79 Å². The van der Waals surface area contributed by atoms with Crippen LogP contribution in [0.5, 0.6) is 5.75 Å². The van der Waals surface area contributed by atoms with Gasteiger partial charge in [-0.2, -0.15) is 4.98 Å². The highest BCUT2D eigenvalue weighted by Crippen LogP contribution is 2.37. The minimum absolute atomic E-state index is 0.118. The first-order valence-corrected chi connectivity index (χ1v) is 9.76. The fraction of sp³-hybridized carbons (Fsp3) is 0.333. The first-order chi connectivity index (χ1) is 14.0. The Balaban J connectivity index is 1.95. The van der Waals surface area contributed by atoms with Crippen LogP contribution < -0.4 is 15.3 Å². The van der Waals surface area contributed by atoms with Crippen LogP contribution in [0.4, 0.5) is 11.5 Å². The van der Waals surface area contributed by atoms with Gasteiger partial charge in [-0.15, -0.1) is 0 Å². The lowest BCUT2D eigenvalue weighted by molar-refractivity contribution is 0.133. The average molecular weight is 416 g/mol. The first-order valence-electron chi connectivity index (χ1n) is 9.39. The summed E-state index contributed by atoms with van der Waals surface area (Å²) in [6, 6.07) is 9.52. The van der Waals surface area contributed by atoms with E-state index in [0.717, 1.165) is 22.2 Å². The van der Waals surface area contributed by atoms with Crippen LogP contribution in [0.2, 0.25) is 5.02 Å². The van der Waals surface area contributed by atoms with Gasteiger partial charge in [0, 0.05) is 36.3 Å². The number of rotatable bonds is 4. The monoisotopic (exact) mass is 415 g/mol. The smallest absolute Gasteiger partial charge is 0.349 e. The van der Waals surface area contributed by atoms with Crippen molar-refractivity contribution >= 4 is 34.0 Å². The number of nitrogens with zero attached hydrogens (tertiary/aromatic N) is 3. The SMILES string of the molecule is Cc1cccc2c1COCCN2c1nc(=O)n(C)c2cc(OCCO)c(Cl)cc12. The van der Waals surface area contributed by atoms with Crippen molar-refractivity contribution in [2.45, 2.75) is 13.5 Å². The normalized spacial score (nSPS) is 14.0. The lowest BCUT2D eigenvalue weighted by atomic mass is 10.1. The summed E-state index contributed by atoms with van der Waals surface area (Å²) in [7, 11) is 1.66. The van der Waals surface area contributed by atoms with Crippen molar-refractivity contribution in [3.05, 3.63) is 57.0 Å². The Bertz CT molecular complexity index is 1130. The van der Waals surface area contributed by atoms with Crippen LogP contribution in [0.1, 0.15) is 11.1 Å². The molecule has 3 aromatic rings. The molecule has 0 amide bonds. The van der Waals surface area contributed by atoms with Gasteiger partial charge in [0.2, 0.25) is 0 Å². The predicted octanol–water partition coefficient (Wildman–Crippen LogP) is 2.93. The number of halogens is 1. The van der Waals surface area contributed by atoms with Gasteiger partial charge in [0.05, 0.1) is 30.4 Å². The van der Waals surface area contributed by atoms with E-state index in [1.54, 1.807) is 19.2 Å². The molecular weight excluding hydrogens is 394 g/mol. The number of benzene rings is 2. The van der Waals surface area contributed by atoms with Gasteiger partial charge in [0.1, 0.15) is 18.2 Å². The molecule has 0 atom stereocenters. The predicted molar refractivity (Wildman–Crippen MR) is 112 cm³/mol. The fourth-order valence-corrected chi connectivity index (χ4v) is 3.82. The summed E-state index contributed by atoms with van der Waals surface area (Å²) >= 11 is 6.43. The second-order valence-electron chi connectivity index (χ2n) is 6.93. The van der Waals surface area contributed by atoms with Gasteiger partial charge in [-0.05, 0) is 24.6 Å². The summed E-state index contributed by atoms with van der Waals surface area (Å²) in [5.74, 6) is 0.951. The maximum atomic E-state index is 12.7.